The van der Waals surface area contributed by atoms with Gasteiger partial charge in [-0.25, -0.2) is 0 Å². The highest BCUT2D eigenvalue weighted by molar-refractivity contribution is 7.97. The smallest absolute Gasteiger partial charge is 0.295 e. The molecule has 0 aliphatic rings. The third-order valence-electron chi connectivity index (χ3n) is 3.48. The molecular weight excluding hydrogens is 393 g/mol. The summed E-state index contributed by atoms with van der Waals surface area (Å²) in [5.74, 6) is 3.81. The summed E-state index contributed by atoms with van der Waals surface area (Å²) < 4.78 is 11.5. The van der Waals surface area contributed by atoms with Crippen molar-refractivity contribution in [1.82, 2.24) is 9.88 Å². The monoisotopic (exact) mass is 417 g/mol. The van der Waals surface area contributed by atoms with E-state index in [2.05, 4.69) is 39.5 Å². The summed E-state index contributed by atoms with van der Waals surface area (Å²) in [6, 6.07) is 10.9. The molecule has 0 radical (unpaired) electrons. The highest BCUT2D eigenvalue weighted by atomic mass is 35.5. The van der Waals surface area contributed by atoms with Gasteiger partial charge in [-0.15, -0.1) is 36.6 Å². The van der Waals surface area contributed by atoms with Gasteiger partial charge in [-0.05, 0) is 50.8 Å². The van der Waals surface area contributed by atoms with Gasteiger partial charge in [-0.1, -0.05) is 6.07 Å². The Balaban J connectivity index is 0.00000169. The standard InChI is InChI=1S/C18H23N3O2S.2ClH/c1-4-19-18-20-16-8-5-13(9-17(16)23-18)11-24-12-15-7-6-14(22-15)10-21(2)3;;/h5-9H,4,10-12H2,1-3H3,(H,19,20);2*1H. The Morgan fingerprint density at radius 1 is 1.04 bits per heavy atom. The average molecular weight is 418 g/mol. The first-order valence-corrected chi connectivity index (χ1v) is 9.23. The lowest BCUT2D eigenvalue weighted by atomic mass is 10.2. The van der Waals surface area contributed by atoms with E-state index in [1.807, 2.05) is 38.8 Å². The van der Waals surface area contributed by atoms with E-state index in [1.54, 1.807) is 0 Å². The molecule has 1 N–H and O–H groups in total. The molecule has 0 bridgehead atoms. The molecule has 0 unspecified atom stereocenters. The van der Waals surface area contributed by atoms with E-state index >= 15 is 0 Å². The maximum atomic E-state index is 5.83. The maximum absolute atomic E-state index is 5.83. The van der Waals surface area contributed by atoms with Gasteiger partial charge in [0.1, 0.15) is 17.0 Å². The van der Waals surface area contributed by atoms with Crippen LogP contribution in [-0.4, -0.2) is 30.5 Å². The molecule has 0 fully saturated rings. The summed E-state index contributed by atoms with van der Waals surface area (Å²) in [5, 5.41) is 3.10. The fraction of sp³-hybridized carbons (Fsp3) is 0.389. The summed E-state index contributed by atoms with van der Waals surface area (Å²) in [5.41, 5.74) is 2.95. The molecular formula is C18H25Cl2N3O2S. The minimum atomic E-state index is 0. The van der Waals surface area contributed by atoms with Crippen molar-refractivity contribution in [3.63, 3.8) is 0 Å². The summed E-state index contributed by atoms with van der Waals surface area (Å²) in [4.78, 5) is 6.50. The van der Waals surface area contributed by atoms with Gasteiger partial charge in [0.2, 0.25) is 0 Å². The van der Waals surface area contributed by atoms with Gasteiger partial charge in [0.25, 0.3) is 6.01 Å². The molecule has 26 heavy (non-hydrogen) atoms. The number of anilines is 1. The second-order valence-corrected chi connectivity index (χ2v) is 6.94. The van der Waals surface area contributed by atoms with Crippen molar-refractivity contribution in [2.75, 3.05) is 26.0 Å². The Morgan fingerprint density at radius 2 is 1.81 bits per heavy atom. The molecule has 8 heteroatoms. The maximum Gasteiger partial charge on any atom is 0.295 e. The molecule has 1 aromatic carbocycles. The van der Waals surface area contributed by atoms with Gasteiger partial charge in [0.05, 0.1) is 12.3 Å². The van der Waals surface area contributed by atoms with Crippen LogP contribution in [0.1, 0.15) is 24.0 Å². The van der Waals surface area contributed by atoms with Gasteiger partial charge in [0, 0.05) is 12.3 Å². The van der Waals surface area contributed by atoms with E-state index in [1.165, 1.54) is 5.56 Å². The number of halogens is 2. The Morgan fingerprint density at radius 3 is 2.54 bits per heavy atom. The highest BCUT2D eigenvalue weighted by Crippen LogP contribution is 2.24. The average Bonchev–Trinajstić information content (AvgIpc) is 3.13. The number of hydrogen-bond donors (Lipinski definition) is 1. The van der Waals surface area contributed by atoms with E-state index in [0.717, 1.165) is 47.2 Å². The number of fused-ring (bicyclic) bond motifs is 1. The molecule has 0 amide bonds. The molecule has 2 aromatic heterocycles. The number of benzene rings is 1. The quantitative estimate of drug-likeness (QED) is 0.543. The van der Waals surface area contributed by atoms with Crippen molar-refractivity contribution in [3.8, 4) is 0 Å². The van der Waals surface area contributed by atoms with E-state index in [0.29, 0.717) is 6.01 Å². The lowest BCUT2D eigenvalue weighted by Gasteiger charge is -2.05. The zero-order valence-corrected chi connectivity index (χ0v) is 17.6. The third-order valence-corrected chi connectivity index (χ3v) is 4.51. The van der Waals surface area contributed by atoms with Crippen LogP contribution in [0.2, 0.25) is 0 Å². The third kappa shape index (κ3) is 6.13. The zero-order chi connectivity index (χ0) is 16.9. The van der Waals surface area contributed by atoms with E-state index in [9.17, 15) is 0 Å². The zero-order valence-electron chi connectivity index (χ0n) is 15.2. The topological polar surface area (TPSA) is 54.4 Å². The fourth-order valence-electron chi connectivity index (χ4n) is 2.45. The first-order valence-electron chi connectivity index (χ1n) is 8.07. The van der Waals surface area contributed by atoms with Crippen molar-refractivity contribution in [1.29, 1.82) is 0 Å². The fourth-order valence-corrected chi connectivity index (χ4v) is 3.33. The number of aromatic nitrogens is 1. The van der Waals surface area contributed by atoms with Crippen molar-refractivity contribution < 1.29 is 8.83 Å². The van der Waals surface area contributed by atoms with Crippen molar-refractivity contribution >= 4 is 53.7 Å². The van der Waals surface area contributed by atoms with E-state index in [4.69, 9.17) is 8.83 Å². The van der Waals surface area contributed by atoms with Crippen LogP contribution in [0, 0.1) is 0 Å². The van der Waals surface area contributed by atoms with E-state index < -0.39 is 0 Å². The minimum Gasteiger partial charge on any atom is -0.464 e. The Kier molecular flexibility index (Phi) is 9.36. The number of nitrogens with one attached hydrogen (secondary N) is 1. The van der Waals surface area contributed by atoms with Crippen LogP contribution in [0.25, 0.3) is 11.1 Å². The molecule has 0 aliphatic carbocycles. The molecule has 0 atom stereocenters. The number of rotatable bonds is 8. The van der Waals surface area contributed by atoms with Crippen LogP contribution in [0.15, 0.2) is 39.2 Å². The van der Waals surface area contributed by atoms with Gasteiger partial charge < -0.3 is 19.1 Å². The van der Waals surface area contributed by atoms with Crippen LogP contribution in [0.4, 0.5) is 6.01 Å². The number of nitrogens with zero attached hydrogens (tertiary/aromatic N) is 2. The number of thioether (sulfide) groups is 1. The Hall–Kier alpha value is -1.34. The number of furan rings is 1. The second-order valence-electron chi connectivity index (χ2n) is 5.95. The molecule has 0 saturated carbocycles. The van der Waals surface area contributed by atoms with Gasteiger partial charge >= 0.3 is 0 Å². The number of hydrogen-bond acceptors (Lipinski definition) is 6. The molecule has 0 saturated heterocycles. The summed E-state index contributed by atoms with van der Waals surface area (Å²) in [6.45, 7) is 3.66. The molecule has 0 spiro atoms. The molecule has 3 rings (SSSR count). The normalized spacial score (nSPS) is 10.6. The summed E-state index contributed by atoms with van der Waals surface area (Å²) in [7, 11) is 4.08. The predicted molar refractivity (Wildman–Crippen MR) is 114 cm³/mol. The molecule has 2 heterocycles. The van der Waals surface area contributed by atoms with Crippen LogP contribution < -0.4 is 5.32 Å². The number of oxazole rings is 1. The van der Waals surface area contributed by atoms with Crippen LogP contribution in [0.5, 0.6) is 0 Å². The van der Waals surface area contributed by atoms with Crippen LogP contribution in [0.3, 0.4) is 0 Å². The molecule has 144 valence electrons. The lowest BCUT2D eigenvalue weighted by Crippen LogP contribution is -2.09. The van der Waals surface area contributed by atoms with Crippen molar-refractivity contribution in [2.24, 2.45) is 0 Å². The summed E-state index contributed by atoms with van der Waals surface area (Å²) in [6.07, 6.45) is 0. The van der Waals surface area contributed by atoms with Gasteiger partial charge in [0.15, 0.2) is 5.58 Å². The van der Waals surface area contributed by atoms with Gasteiger partial charge in [-0.2, -0.15) is 4.98 Å². The SMILES string of the molecule is CCNc1nc2ccc(CSCc3ccc(CN(C)C)o3)cc2o1.Cl.Cl. The van der Waals surface area contributed by atoms with Crippen molar-refractivity contribution in [3.05, 3.63) is 47.4 Å². The highest BCUT2D eigenvalue weighted by Gasteiger charge is 2.07. The Labute approximate surface area is 170 Å². The van der Waals surface area contributed by atoms with E-state index in [-0.39, 0.29) is 24.8 Å². The minimum absolute atomic E-state index is 0. The van der Waals surface area contributed by atoms with Crippen molar-refractivity contribution in [2.45, 2.75) is 25.0 Å². The molecule has 5 nitrogen and oxygen atoms in total. The Bertz CT molecular complexity index is 805. The summed E-state index contributed by atoms with van der Waals surface area (Å²) >= 11 is 1.83. The van der Waals surface area contributed by atoms with Crippen LogP contribution >= 0.6 is 36.6 Å². The lowest BCUT2D eigenvalue weighted by molar-refractivity contribution is 0.344. The molecule has 3 aromatic rings. The molecule has 0 aliphatic heterocycles. The largest absolute Gasteiger partial charge is 0.464 e. The predicted octanol–water partition coefficient (Wildman–Crippen LogP) is 5.19. The van der Waals surface area contributed by atoms with Gasteiger partial charge in [-0.3, -0.25) is 0 Å². The van der Waals surface area contributed by atoms with Crippen LogP contribution in [-0.2, 0) is 18.1 Å². The first-order chi connectivity index (χ1) is 11.6. The second kappa shape index (κ2) is 10.7. The first kappa shape index (κ1) is 22.7.